The van der Waals surface area contributed by atoms with Gasteiger partial charge in [0.05, 0.1) is 51.7 Å². The predicted molar refractivity (Wildman–Crippen MR) is 133 cm³/mol. The predicted octanol–water partition coefficient (Wildman–Crippen LogP) is 2.22. The molecule has 1 aliphatic carbocycles. The summed E-state index contributed by atoms with van der Waals surface area (Å²) in [5.74, 6) is 0.268. The van der Waals surface area contributed by atoms with Gasteiger partial charge in [0.15, 0.2) is 9.84 Å². The zero-order valence-electron chi connectivity index (χ0n) is 19.9. The first-order valence-electron chi connectivity index (χ1n) is 11.6. The van der Waals surface area contributed by atoms with Crippen molar-refractivity contribution in [3.05, 3.63) is 59.3 Å². The highest BCUT2D eigenvalue weighted by atomic mass is 35.5. The van der Waals surface area contributed by atoms with Gasteiger partial charge in [-0.1, -0.05) is 23.7 Å². The van der Waals surface area contributed by atoms with Crippen LogP contribution in [0.25, 0.3) is 0 Å². The van der Waals surface area contributed by atoms with Crippen LogP contribution in [0.2, 0.25) is 5.02 Å². The molecule has 1 saturated carbocycles. The molecule has 1 saturated heterocycles. The number of benzene rings is 1. The van der Waals surface area contributed by atoms with Gasteiger partial charge in [0, 0.05) is 19.7 Å². The van der Waals surface area contributed by atoms with Crippen LogP contribution in [-0.2, 0) is 28.2 Å². The van der Waals surface area contributed by atoms with E-state index in [4.69, 9.17) is 11.6 Å². The number of amides is 1. The molecule has 2 aromatic heterocycles. The Morgan fingerprint density at radius 3 is 2.72 bits per heavy atom. The molecule has 2 fully saturated rings. The Bertz CT molecular complexity index is 1470. The third-order valence-corrected chi connectivity index (χ3v) is 9.51. The molecular weight excluding hydrogens is 502 g/mol. The SMILES string of the molecule is Cc1cc(N2C[C@H](S(=O)(=O)c3ccccc3Cl)C[C@H]2C(=O)NC2(C#N)CC2)n(Cc2cncn2C)n1. The van der Waals surface area contributed by atoms with Gasteiger partial charge in [-0.15, -0.1) is 0 Å². The summed E-state index contributed by atoms with van der Waals surface area (Å²) in [6.45, 7) is 2.33. The summed E-state index contributed by atoms with van der Waals surface area (Å²) < 4.78 is 30.9. The molecule has 10 nitrogen and oxygen atoms in total. The first-order chi connectivity index (χ1) is 17.1. The summed E-state index contributed by atoms with van der Waals surface area (Å²) in [5.41, 5.74) is 0.772. The third-order valence-electron chi connectivity index (χ3n) is 6.88. The van der Waals surface area contributed by atoms with E-state index in [9.17, 15) is 18.5 Å². The van der Waals surface area contributed by atoms with Crippen LogP contribution in [0.5, 0.6) is 0 Å². The number of hydrogen-bond donors (Lipinski definition) is 1. The van der Waals surface area contributed by atoms with Gasteiger partial charge in [0.1, 0.15) is 17.4 Å². The van der Waals surface area contributed by atoms with Crippen molar-refractivity contribution in [1.29, 1.82) is 5.26 Å². The van der Waals surface area contributed by atoms with Gasteiger partial charge in [-0.05, 0) is 38.3 Å². The Balaban J connectivity index is 1.52. The average molecular weight is 528 g/mol. The number of nitrogens with zero attached hydrogens (tertiary/aromatic N) is 6. The van der Waals surface area contributed by atoms with Gasteiger partial charge >= 0.3 is 0 Å². The molecule has 0 bridgehead atoms. The number of halogens is 1. The van der Waals surface area contributed by atoms with Crippen molar-refractivity contribution >= 4 is 33.2 Å². The smallest absolute Gasteiger partial charge is 0.244 e. The van der Waals surface area contributed by atoms with Crippen LogP contribution in [0.4, 0.5) is 5.82 Å². The van der Waals surface area contributed by atoms with E-state index in [-0.39, 0.29) is 28.8 Å². The van der Waals surface area contributed by atoms with Crippen LogP contribution in [0.3, 0.4) is 0 Å². The molecule has 0 spiro atoms. The quantitative estimate of drug-likeness (QED) is 0.499. The summed E-state index contributed by atoms with van der Waals surface area (Å²) in [7, 11) is -1.95. The van der Waals surface area contributed by atoms with Gasteiger partial charge in [-0.2, -0.15) is 10.4 Å². The second-order valence-electron chi connectivity index (χ2n) is 9.48. The Hall–Kier alpha value is -3.36. The van der Waals surface area contributed by atoms with Crippen LogP contribution in [-0.4, -0.2) is 57.0 Å². The number of sulfone groups is 1. The number of aryl methyl sites for hydroxylation is 2. The van der Waals surface area contributed by atoms with Crippen molar-refractivity contribution in [2.45, 2.75) is 54.5 Å². The molecule has 188 valence electrons. The van der Waals surface area contributed by atoms with E-state index >= 15 is 0 Å². The van der Waals surface area contributed by atoms with E-state index in [1.807, 2.05) is 24.6 Å². The van der Waals surface area contributed by atoms with E-state index in [1.54, 1.807) is 40.3 Å². The summed E-state index contributed by atoms with van der Waals surface area (Å²) >= 11 is 6.25. The Morgan fingerprint density at radius 1 is 1.33 bits per heavy atom. The summed E-state index contributed by atoms with van der Waals surface area (Å²) in [6.07, 6.45) is 4.67. The van der Waals surface area contributed by atoms with Crippen molar-refractivity contribution in [3.8, 4) is 6.07 Å². The highest BCUT2D eigenvalue weighted by molar-refractivity contribution is 7.92. The fourth-order valence-corrected chi connectivity index (χ4v) is 6.88. The lowest BCUT2D eigenvalue weighted by molar-refractivity contribution is -0.122. The van der Waals surface area contributed by atoms with Crippen LogP contribution in [0.1, 0.15) is 30.7 Å². The lowest BCUT2D eigenvalue weighted by Crippen LogP contribution is -2.48. The second kappa shape index (κ2) is 8.94. The number of imidazole rings is 1. The standard InChI is InChI=1S/C24H26ClN7O3S/c1-16-9-22(32(29-16)12-17-11-27-15-30(17)2)31-13-18(36(34,35)21-6-4-3-5-19(21)25)10-20(31)23(33)28-24(14-26)7-8-24/h3-6,9,11,15,18,20H,7-8,10,12-13H2,1-2H3,(H,28,33)/t18-,20+/m1/s1. The summed E-state index contributed by atoms with van der Waals surface area (Å²) in [5, 5.41) is 16.2. The molecule has 2 aliphatic rings. The number of aromatic nitrogens is 4. The van der Waals surface area contributed by atoms with Gasteiger partial charge in [-0.3, -0.25) is 4.79 Å². The Morgan fingerprint density at radius 2 is 2.08 bits per heavy atom. The van der Waals surface area contributed by atoms with Crippen LogP contribution < -0.4 is 10.2 Å². The molecule has 0 radical (unpaired) electrons. The summed E-state index contributed by atoms with van der Waals surface area (Å²) in [6, 6.07) is 9.56. The molecule has 5 rings (SSSR count). The third kappa shape index (κ3) is 4.35. The van der Waals surface area contributed by atoms with Gasteiger partial charge < -0.3 is 14.8 Å². The van der Waals surface area contributed by atoms with Crippen molar-refractivity contribution in [1.82, 2.24) is 24.6 Å². The van der Waals surface area contributed by atoms with E-state index in [2.05, 4.69) is 21.5 Å². The highest BCUT2D eigenvalue weighted by Gasteiger charge is 2.50. The van der Waals surface area contributed by atoms with Crippen molar-refractivity contribution in [2.24, 2.45) is 7.05 Å². The molecule has 1 aliphatic heterocycles. The van der Waals surface area contributed by atoms with E-state index < -0.39 is 26.7 Å². The fourth-order valence-electron chi connectivity index (χ4n) is 4.66. The number of anilines is 1. The minimum absolute atomic E-state index is 0.0490. The maximum atomic E-state index is 13.6. The minimum Gasteiger partial charge on any atom is -0.343 e. The number of carbonyl (C=O) groups is 1. The zero-order chi connectivity index (χ0) is 25.7. The van der Waals surface area contributed by atoms with Crippen molar-refractivity contribution in [3.63, 3.8) is 0 Å². The normalized spacial score (nSPS) is 20.8. The van der Waals surface area contributed by atoms with E-state index in [1.165, 1.54) is 6.07 Å². The maximum absolute atomic E-state index is 13.6. The van der Waals surface area contributed by atoms with Gasteiger partial charge in [0.2, 0.25) is 5.91 Å². The highest BCUT2D eigenvalue weighted by Crippen LogP contribution is 2.38. The Kier molecular flexibility index (Phi) is 6.04. The summed E-state index contributed by atoms with van der Waals surface area (Å²) in [4.78, 5) is 19.4. The minimum atomic E-state index is -3.84. The van der Waals surface area contributed by atoms with E-state index in [0.717, 1.165) is 11.4 Å². The van der Waals surface area contributed by atoms with Gasteiger partial charge in [0.25, 0.3) is 0 Å². The number of nitriles is 1. The lowest BCUT2D eigenvalue weighted by atomic mass is 10.1. The van der Waals surface area contributed by atoms with Crippen molar-refractivity contribution < 1.29 is 13.2 Å². The number of carbonyl (C=O) groups excluding carboxylic acids is 1. The first kappa shape index (κ1) is 24.3. The molecule has 3 heterocycles. The molecule has 0 unspecified atom stereocenters. The molecule has 36 heavy (non-hydrogen) atoms. The molecule has 3 aromatic rings. The monoisotopic (exact) mass is 527 g/mol. The number of hydrogen-bond acceptors (Lipinski definition) is 7. The molecule has 2 atom stereocenters. The molecule has 1 amide bonds. The maximum Gasteiger partial charge on any atom is 0.244 e. The largest absolute Gasteiger partial charge is 0.343 e. The number of rotatable bonds is 7. The molecule has 1 aromatic carbocycles. The lowest BCUT2D eigenvalue weighted by Gasteiger charge is -2.27. The first-order valence-corrected chi connectivity index (χ1v) is 13.5. The number of nitrogens with one attached hydrogen (secondary N) is 1. The molecule has 1 N–H and O–H groups in total. The molecular formula is C24H26ClN7O3S. The average Bonchev–Trinajstić information content (AvgIpc) is 3.13. The second-order valence-corrected chi connectivity index (χ2v) is 12.1. The fraction of sp³-hybridized carbons (Fsp3) is 0.417. The van der Waals surface area contributed by atoms with Crippen LogP contribution >= 0.6 is 11.6 Å². The topological polar surface area (TPSA) is 126 Å². The van der Waals surface area contributed by atoms with Gasteiger partial charge in [-0.25, -0.2) is 18.1 Å². The van der Waals surface area contributed by atoms with E-state index in [0.29, 0.717) is 25.2 Å². The zero-order valence-corrected chi connectivity index (χ0v) is 21.5. The van der Waals surface area contributed by atoms with Crippen LogP contribution in [0, 0.1) is 18.3 Å². The van der Waals surface area contributed by atoms with Crippen LogP contribution in [0.15, 0.2) is 47.8 Å². The Labute approximate surface area is 214 Å². The van der Waals surface area contributed by atoms with Crippen molar-refractivity contribution in [2.75, 3.05) is 11.4 Å². The molecule has 12 heteroatoms.